The van der Waals surface area contributed by atoms with Crippen LogP contribution < -0.4 is 4.74 Å². The van der Waals surface area contributed by atoms with Crippen LogP contribution in [0.2, 0.25) is 0 Å². The highest BCUT2D eigenvalue weighted by molar-refractivity contribution is 5.99. The lowest BCUT2D eigenvalue weighted by Crippen LogP contribution is -2.13. The average Bonchev–Trinajstić information content (AvgIpc) is 2.38. The third kappa shape index (κ3) is 2.86. The smallest absolute Gasteiger partial charge is 0.166 e. The minimum atomic E-state index is 0.154. The number of fused-ring (bicyclic) bond motifs is 1. The summed E-state index contributed by atoms with van der Waals surface area (Å²) in [5, 5.41) is 0. The fourth-order valence-corrected chi connectivity index (χ4v) is 2.12. The summed E-state index contributed by atoms with van der Waals surface area (Å²) < 4.78 is 10.6. The molecule has 0 aliphatic carbocycles. The number of ether oxygens (including phenoxy) is 2. The van der Waals surface area contributed by atoms with Crippen molar-refractivity contribution in [1.29, 1.82) is 0 Å². The summed E-state index contributed by atoms with van der Waals surface area (Å²) in [5.74, 6) is 0.960. The van der Waals surface area contributed by atoms with E-state index >= 15 is 0 Å². The molecule has 1 aromatic rings. The summed E-state index contributed by atoms with van der Waals surface area (Å²) in [5.41, 5.74) is 1.90. The van der Waals surface area contributed by atoms with Crippen molar-refractivity contribution >= 4 is 5.78 Å². The van der Waals surface area contributed by atoms with Crippen molar-refractivity contribution in [2.24, 2.45) is 0 Å². The van der Waals surface area contributed by atoms with Crippen LogP contribution >= 0.6 is 0 Å². The summed E-state index contributed by atoms with van der Waals surface area (Å²) in [6.45, 7) is 1.34. The van der Waals surface area contributed by atoms with Crippen molar-refractivity contribution in [3.05, 3.63) is 29.3 Å². The third-order valence-corrected chi connectivity index (χ3v) is 2.99. The van der Waals surface area contributed by atoms with E-state index in [1.54, 1.807) is 7.11 Å². The number of benzene rings is 1. The van der Waals surface area contributed by atoms with Crippen LogP contribution in [0, 0.1) is 0 Å². The van der Waals surface area contributed by atoms with E-state index in [-0.39, 0.29) is 5.78 Å². The summed E-state index contributed by atoms with van der Waals surface area (Å²) in [7, 11) is 1.65. The Morgan fingerprint density at radius 3 is 3.18 bits per heavy atom. The lowest BCUT2D eigenvalue weighted by atomic mass is 9.98. The van der Waals surface area contributed by atoms with E-state index in [1.807, 2.05) is 18.2 Å². The van der Waals surface area contributed by atoms with E-state index in [9.17, 15) is 4.79 Å². The molecular formula is C14H18O3. The van der Waals surface area contributed by atoms with Crippen LogP contribution in [-0.4, -0.2) is 26.1 Å². The number of carbonyl (C=O) groups excluding carboxylic acids is 1. The summed E-state index contributed by atoms with van der Waals surface area (Å²) in [6, 6.07) is 5.84. The molecule has 1 heterocycles. The molecule has 1 aliphatic rings. The van der Waals surface area contributed by atoms with Crippen molar-refractivity contribution in [2.75, 3.05) is 20.3 Å². The molecule has 92 valence electrons. The lowest BCUT2D eigenvalue weighted by Gasteiger charge is -2.19. The van der Waals surface area contributed by atoms with Gasteiger partial charge in [0.15, 0.2) is 5.78 Å². The first kappa shape index (κ1) is 12.1. The van der Waals surface area contributed by atoms with Crippen molar-refractivity contribution in [2.45, 2.75) is 25.7 Å². The van der Waals surface area contributed by atoms with E-state index in [4.69, 9.17) is 9.47 Å². The molecule has 0 spiro atoms. The molecule has 0 saturated carbocycles. The van der Waals surface area contributed by atoms with Gasteiger partial charge in [0.05, 0.1) is 12.2 Å². The molecule has 3 nitrogen and oxygen atoms in total. The van der Waals surface area contributed by atoms with E-state index in [2.05, 4.69) is 0 Å². The highest BCUT2D eigenvalue weighted by Gasteiger charge is 2.18. The summed E-state index contributed by atoms with van der Waals surface area (Å²) in [6.07, 6.45) is 3.33. The number of hydrogen-bond donors (Lipinski definition) is 0. The van der Waals surface area contributed by atoms with E-state index < -0.39 is 0 Å². The Bertz CT molecular complexity index is 398. The molecule has 0 saturated heterocycles. The molecule has 0 aromatic heterocycles. The second-order valence-electron chi connectivity index (χ2n) is 4.27. The highest BCUT2D eigenvalue weighted by atomic mass is 16.5. The molecule has 17 heavy (non-hydrogen) atoms. The summed E-state index contributed by atoms with van der Waals surface area (Å²) >= 11 is 0. The SMILES string of the molecule is COCCCC(=O)c1cccc2c1OCCC2. The second kappa shape index (κ2) is 5.82. The first-order valence-electron chi connectivity index (χ1n) is 6.09. The van der Waals surface area contributed by atoms with Crippen LogP contribution in [0.1, 0.15) is 35.2 Å². The predicted octanol–water partition coefficient (Wildman–Crippen LogP) is 2.62. The molecule has 0 fully saturated rings. The quantitative estimate of drug-likeness (QED) is 0.580. The first-order valence-corrected chi connectivity index (χ1v) is 6.09. The topological polar surface area (TPSA) is 35.5 Å². The van der Waals surface area contributed by atoms with Gasteiger partial charge >= 0.3 is 0 Å². The monoisotopic (exact) mass is 234 g/mol. The van der Waals surface area contributed by atoms with Gasteiger partial charge in [0.25, 0.3) is 0 Å². The van der Waals surface area contributed by atoms with Gasteiger partial charge in [-0.1, -0.05) is 12.1 Å². The number of aryl methyl sites for hydroxylation is 1. The number of rotatable bonds is 5. The Morgan fingerprint density at radius 2 is 2.35 bits per heavy atom. The number of Topliss-reactive ketones (excluding diaryl/α,β-unsaturated/α-hetero) is 1. The molecular weight excluding hydrogens is 216 g/mol. The van der Waals surface area contributed by atoms with Gasteiger partial charge in [-0.2, -0.15) is 0 Å². The number of ketones is 1. The van der Waals surface area contributed by atoms with Crippen molar-refractivity contribution in [1.82, 2.24) is 0 Å². The maximum Gasteiger partial charge on any atom is 0.166 e. The fourth-order valence-electron chi connectivity index (χ4n) is 2.12. The molecule has 0 atom stereocenters. The van der Waals surface area contributed by atoms with Crippen LogP contribution in [0.15, 0.2) is 18.2 Å². The number of hydrogen-bond acceptors (Lipinski definition) is 3. The minimum absolute atomic E-state index is 0.154. The maximum absolute atomic E-state index is 12.1. The molecule has 0 N–H and O–H groups in total. The van der Waals surface area contributed by atoms with Gasteiger partial charge in [-0.15, -0.1) is 0 Å². The van der Waals surface area contributed by atoms with Gasteiger partial charge in [0.1, 0.15) is 5.75 Å². The largest absolute Gasteiger partial charge is 0.493 e. The third-order valence-electron chi connectivity index (χ3n) is 2.99. The zero-order valence-corrected chi connectivity index (χ0v) is 10.2. The first-order chi connectivity index (χ1) is 8.33. The molecule has 0 radical (unpaired) electrons. The average molecular weight is 234 g/mol. The molecule has 1 aliphatic heterocycles. The Kier molecular flexibility index (Phi) is 4.15. The second-order valence-corrected chi connectivity index (χ2v) is 4.27. The molecule has 0 unspecified atom stereocenters. The molecule has 2 rings (SSSR count). The molecule has 0 bridgehead atoms. The Hall–Kier alpha value is -1.35. The number of para-hydroxylation sites is 1. The highest BCUT2D eigenvalue weighted by Crippen LogP contribution is 2.29. The molecule has 1 aromatic carbocycles. The van der Waals surface area contributed by atoms with Gasteiger partial charge in [0.2, 0.25) is 0 Å². The number of methoxy groups -OCH3 is 1. The Labute approximate surface area is 102 Å². The van der Waals surface area contributed by atoms with Crippen molar-refractivity contribution < 1.29 is 14.3 Å². The number of carbonyl (C=O) groups is 1. The standard InChI is InChI=1S/C14H18O3/c1-16-9-4-8-13(15)12-7-2-5-11-6-3-10-17-14(11)12/h2,5,7H,3-4,6,8-10H2,1H3. The van der Waals surface area contributed by atoms with Crippen LogP contribution in [0.3, 0.4) is 0 Å². The Morgan fingerprint density at radius 1 is 1.47 bits per heavy atom. The molecule has 0 amide bonds. The van der Waals surface area contributed by atoms with Crippen LogP contribution in [0.25, 0.3) is 0 Å². The van der Waals surface area contributed by atoms with Crippen molar-refractivity contribution in [3.8, 4) is 5.75 Å². The van der Waals surface area contributed by atoms with E-state index in [0.717, 1.165) is 42.7 Å². The maximum atomic E-state index is 12.1. The fraction of sp³-hybridized carbons (Fsp3) is 0.500. The minimum Gasteiger partial charge on any atom is -0.493 e. The van der Waals surface area contributed by atoms with Gasteiger partial charge in [0, 0.05) is 20.1 Å². The van der Waals surface area contributed by atoms with Crippen LogP contribution in [0.4, 0.5) is 0 Å². The lowest BCUT2D eigenvalue weighted by molar-refractivity contribution is 0.0958. The predicted molar refractivity (Wildman–Crippen MR) is 65.7 cm³/mol. The zero-order chi connectivity index (χ0) is 12.1. The van der Waals surface area contributed by atoms with Crippen LogP contribution in [0.5, 0.6) is 5.75 Å². The van der Waals surface area contributed by atoms with Crippen LogP contribution in [-0.2, 0) is 11.2 Å². The van der Waals surface area contributed by atoms with Gasteiger partial charge in [-0.3, -0.25) is 4.79 Å². The van der Waals surface area contributed by atoms with Gasteiger partial charge in [-0.25, -0.2) is 0 Å². The normalized spacial score (nSPS) is 13.9. The Balaban J connectivity index is 2.12. The van der Waals surface area contributed by atoms with Gasteiger partial charge in [-0.05, 0) is 30.9 Å². The summed E-state index contributed by atoms with van der Waals surface area (Å²) in [4.78, 5) is 12.1. The van der Waals surface area contributed by atoms with Gasteiger partial charge < -0.3 is 9.47 Å². The van der Waals surface area contributed by atoms with E-state index in [1.165, 1.54) is 0 Å². The van der Waals surface area contributed by atoms with Crippen molar-refractivity contribution in [3.63, 3.8) is 0 Å². The molecule has 3 heteroatoms. The van der Waals surface area contributed by atoms with E-state index in [0.29, 0.717) is 13.0 Å². The zero-order valence-electron chi connectivity index (χ0n) is 10.2.